The summed E-state index contributed by atoms with van der Waals surface area (Å²) in [4.78, 5) is 11.9. The Balaban J connectivity index is 2.10. The van der Waals surface area contributed by atoms with Gasteiger partial charge in [-0.15, -0.1) is 0 Å². The molecule has 5 heteroatoms. The monoisotopic (exact) mass is 263 g/mol. The summed E-state index contributed by atoms with van der Waals surface area (Å²) in [5, 5.41) is 3.58. The van der Waals surface area contributed by atoms with Gasteiger partial charge in [0.2, 0.25) is 0 Å². The van der Waals surface area contributed by atoms with Crippen LogP contribution in [0.1, 0.15) is 17.5 Å². The van der Waals surface area contributed by atoms with Crippen LogP contribution in [0.2, 0.25) is 0 Å². The molecule has 1 N–H and O–H groups in total. The standard InChI is InChI=1S/C14H17NO4/c1-3-18-8-7-15-14(16)12-9-10-5-4-6-11(17-2)13(10)19-12/h4-6,9H,3,7-8H2,1-2H3,(H,15,16). The number of para-hydroxylation sites is 1. The van der Waals surface area contributed by atoms with Crippen molar-refractivity contribution < 1.29 is 18.7 Å². The number of ether oxygens (including phenoxy) is 2. The minimum absolute atomic E-state index is 0.252. The topological polar surface area (TPSA) is 60.7 Å². The van der Waals surface area contributed by atoms with Gasteiger partial charge in [0.1, 0.15) is 0 Å². The van der Waals surface area contributed by atoms with Crippen molar-refractivity contribution in [2.24, 2.45) is 0 Å². The summed E-state index contributed by atoms with van der Waals surface area (Å²) in [7, 11) is 1.57. The van der Waals surface area contributed by atoms with Crippen LogP contribution >= 0.6 is 0 Å². The van der Waals surface area contributed by atoms with Crippen molar-refractivity contribution in [3.63, 3.8) is 0 Å². The van der Waals surface area contributed by atoms with Gasteiger partial charge in [0.15, 0.2) is 17.1 Å². The Morgan fingerprint density at radius 2 is 2.26 bits per heavy atom. The number of furan rings is 1. The van der Waals surface area contributed by atoms with E-state index in [1.54, 1.807) is 19.2 Å². The molecule has 5 nitrogen and oxygen atoms in total. The number of nitrogens with one attached hydrogen (secondary N) is 1. The van der Waals surface area contributed by atoms with E-state index in [1.807, 2.05) is 19.1 Å². The molecule has 19 heavy (non-hydrogen) atoms. The average molecular weight is 263 g/mol. The molecule has 0 fully saturated rings. The van der Waals surface area contributed by atoms with E-state index < -0.39 is 0 Å². The number of methoxy groups -OCH3 is 1. The molecule has 0 saturated heterocycles. The number of fused-ring (bicyclic) bond motifs is 1. The van der Waals surface area contributed by atoms with Gasteiger partial charge in [-0.2, -0.15) is 0 Å². The highest BCUT2D eigenvalue weighted by Gasteiger charge is 2.14. The van der Waals surface area contributed by atoms with E-state index in [1.165, 1.54) is 0 Å². The van der Waals surface area contributed by atoms with Gasteiger partial charge in [-0.3, -0.25) is 4.79 Å². The minimum Gasteiger partial charge on any atom is -0.493 e. The molecule has 1 amide bonds. The highest BCUT2D eigenvalue weighted by atomic mass is 16.5. The summed E-state index contributed by atoms with van der Waals surface area (Å²) in [6.45, 7) is 3.50. The number of benzene rings is 1. The second-order valence-corrected chi connectivity index (χ2v) is 3.94. The largest absolute Gasteiger partial charge is 0.493 e. The molecule has 0 saturated carbocycles. The van der Waals surface area contributed by atoms with Gasteiger partial charge in [-0.1, -0.05) is 12.1 Å². The predicted molar refractivity (Wildman–Crippen MR) is 71.6 cm³/mol. The summed E-state index contributed by atoms with van der Waals surface area (Å²) in [5.41, 5.74) is 0.583. The zero-order valence-electron chi connectivity index (χ0n) is 11.1. The molecule has 1 aromatic carbocycles. The smallest absolute Gasteiger partial charge is 0.287 e. The molecule has 0 aliphatic heterocycles. The minimum atomic E-state index is -0.252. The summed E-state index contributed by atoms with van der Waals surface area (Å²) in [5.74, 6) is 0.639. The van der Waals surface area contributed by atoms with Crippen molar-refractivity contribution in [2.45, 2.75) is 6.92 Å². The van der Waals surface area contributed by atoms with Gasteiger partial charge < -0.3 is 19.2 Å². The van der Waals surface area contributed by atoms with E-state index in [-0.39, 0.29) is 11.7 Å². The Hall–Kier alpha value is -2.01. The van der Waals surface area contributed by atoms with E-state index in [9.17, 15) is 4.79 Å². The lowest BCUT2D eigenvalue weighted by Gasteiger charge is -2.02. The van der Waals surface area contributed by atoms with E-state index in [2.05, 4.69) is 5.32 Å². The van der Waals surface area contributed by atoms with Gasteiger partial charge in [0.05, 0.1) is 13.7 Å². The number of carbonyl (C=O) groups is 1. The van der Waals surface area contributed by atoms with Gasteiger partial charge in [0.25, 0.3) is 5.91 Å². The molecule has 0 bridgehead atoms. The maximum absolute atomic E-state index is 11.9. The molecule has 0 atom stereocenters. The van der Waals surface area contributed by atoms with Crippen LogP contribution in [0.3, 0.4) is 0 Å². The highest BCUT2D eigenvalue weighted by molar-refractivity contribution is 5.97. The Morgan fingerprint density at radius 3 is 3.00 bits per heavy atom. The van der Waals surface area contributed by atoms with Crippen LogP contribution in [-0.2, 0) is 4.74 Å². The third-order valence-corrected chi connectivity index (χ3v) is 2.69. The van der Waals surface area contributed by atoms with E-state index >= 15 is 0 Å². The van der Waals surface area contributed by atoms with E-state index in [0.29, 0.717) is 31.1 Å². The first-order chi connectivity index (χ1) is 9.26. The van der Waals surface area contributed by atoms with Crippen molar-refractivity contribution >= 4 is 16.9 Å². The fourth-order valence-corrected chi connectivity index (χ4v) is 1.78. The summed E-state index contributed by atoms with van der Waals surface area (Å²) in [6.07, 6.45) is 0. The first kappa shape index (κ1) is 13.4. The molecule has 0 aliphatic carbocycles. The first-order valence-corrected chi connectivity index (χ1v) is 6.18. The van der Waals surface area contributed by atoms with Crippen LogP contribution in [0.15, 0.2) is 28.7 Å². The van der Waals surface area contributed by atoms with Crippen LogP contribution in [0.4, 0.5) is 0 Å². The van der Waals surface area contributed by atoms with Gasteiger partial charge in [0, 0.05) is 18.5 Å². The second-order valence-electron chi connectivity index (χ2n) is 3.94. The number of carbonyl (C=O) groups excluding carboxylic acids is 1. The molecule has 2 aromatic rings. The van der Waals surface area contributed by atoms with E-state index in [4.69, 9.17) is 13.9 Å². The number of hydrogen-bond donors (Lipinski definition) is 1. The van der Waals surface area contributed by atoms with Crippen molar-refractivity contribution in [3.8, 4) is 5.75 Å². The zero-order chi connectivity index (χ0) is 13.7. The van der Waals surface area contributed by atoms with Crippen LogP contribution in [0.5, 0.6) is 5.75 Å². The van der Waals surface area contributed by atoms with Gasteiger partial charge >= 0.3 is 0 Å². The summed E-state index contributed by atoms with van der Waals surface area (Å²) in [6, 6.07) is 7.22. The molecule has 102 valence electrons. The lowest BCUT2D eigenvalue weighted by Crippen LogP contribution is -2.26. The SMILES string of the molecule is CCOCCNC(=O)c1cc2cccc(OC)c2o1. The van der Waals surface area contributed by atoms with Crippen LogP contribution in [0, 0.1) is 0 Å². The fraction of sp³-hybridized carbons (Fsp3) is 0.357. The second kappa shape index (κ2) is 6.24. The molecule has 0 aliphatic rings. The first-order valence-electron chi connectivity index (χ1n) is 6.18. The quantitative estimate of drug-likeness (QED) is 0.812. The van der Waals surface area contributed by atoms with Crippen molar-refractivity contribution in [1.82, 2.24) is 5.32 Å². The third-order valence-electron chi connectivity index (χ3n) is 2.69. The molecule has 2 rings (SSSR count). The predicted octanol–water partition coefficient (Wildman–Crippen LogP) is 2.21. The molecule has 0 unspecified atom stereocenters. The third kappa shape index (κ3) is 3.06. The maximum atomic E-state index is 11.9. The lowest BCUT2D eigenvalue weighted by atomic mass is 10.2. The fourth-order valence-electron chi connectivity index (χ4n) is 1.78. The van der Waals surface area contributed by atoms with Crippen molar-refractivity contribution in [3.05, 3.63) is 30.0 Å². The molecule has 0 spiro atoms. The molecule has 1 aromatic heterocycles. The van der Waals surface area contributed by atoms with Crippen molar-refractivity contribution in [1.29, 1.82) is 0 Å². The Morgan fingerprint density at radius 1 is 1.42 bits per heavy atom. The Kier molecular flexibility index (Phi) is 4.41. The van der Waals surface area contributed by atoms with E-state index in [0.717, 1.165) is 5.39 Å². The van der Waals surface area contributed by atoms with Crippen molar-refractivity contribution in [2.75, 3.05) is 26.9 Å². The highest BCUT2D eigenvalue weighted by Crippen LogP contribution is 2.28. The molecule has 1 heterocycles. The van der Waals surface area contributed by atoms with Crippen LogP contribution < -0.4 is 10.1 Å². The maximum Gasteiger partial charge on any atom is 0.287 e. The molecular formula is C14H17NO4. The number of amides is 1. The summed E-state index contributed by atoms with van der Waals surface area (Å²) < 4.78 is 15.9. The van der Waals surface area contributed by atoms with Crippen LogP contribution in [-0.4, -0.2) is 32.8 Å². The van der Waals surface area contributed by atoms with Gasteiger partial charge in [-0.05, 0) is 19.1 Å². The number of hydrogen-bond acceptors (Lipinski definition) is 4. The summed E-state index contributed by atoms with van der Waals surface area (Å²) >= 11 is 0. The number of rotatable bonds is 6. The van der Waals surface area contributed by atoms with Gasteiger partial charge in [-0.25, -0.2) is 0 Å². The average Bonchev–Trinajstić information content (AvgIpc) is 2.87. The van der Waals surface area contributed by atoms with Crippen LogP contribution in [0.25, 0.3) is 11.0 Å². The lowest BCUT2D eigenvalue weighted by molar-refractivity contribution is 0.0897. The molecule has 0 radical (unpaired) electrons. The zero-order valence-corrected chi connectivity index (χ0v) is 11.1. The Labute approximate surface area is 111 Å². The molecular weight excluding hydrogens is 246 g/mol. The Bertz CT molecular complexity index is 562. The normalized spacial score (nSPS) is 10.6.